The number of aliphatic carboxylic acids is 1. The number of fused-ring (bicyclic) bond motifs is 1. The van der Waals surface area contributed by atoms with Crippen molar-refractivity contribution in [1.82, 2.24) is 15.2 Å². The van der Waals surface area contributed by atoms with E-state index in [-0.39, 0.29) is 5.91 Å². The van der Waals surface area contributed by atoms with Crippen LogP contribution >= 0.6 is 0 Å². The second-order valence-electron chi connectivity index (χ2n) is 8.67. The molecule has 7 heteroatoms. The summed E-state index contributed by atoms with van der Waals surface area (Å²) in [6.07, 6.45) is 5.24. The van der Waals surface area contributed by atoms with Crippen molar-refractivity contribution >= 4 is 28.6 Å². The summed E-state index contributed by atoms with van der Waals surface area (Å²) in [6, 6.07) is 12.4. The third-order valence-electron chi connectivity index (χ3n) is 6.42. The van der Waals surface area contributed by atoms with Crippen LogP contribution in [0.15, 0.2) is 47.7 Å². The van der Waals surface area contributed by atoms with Crippen LogP contribution in [0, 0.1) is 0 Å². The third-order valence-corrected chi connectivity index (χ3v) is 6.42. The van der Waals surface area contributed by atoms with E-state index in [0.717, 1.165) is 75.1 Å². The van der Waals surface area contributed by atoms with E-state index in [0.29, 0.717) is 30.5 Å². The Kier molecular flexibility index (Phi) is 7.37. The number of hydrogen-bond acceptors (Lipinski definition) is 5. The number of pyridine rings is 1. The highest BCUT2D eigenvalue weighted by Crippen LogP contribution is 2.23. The van der Waals surface area contributed by atoms with E-state index >= 15 is 0 Å². The van der Waals surface area contributed by atoms with Crippen molar-refractivity contribution in [3.63, 3.8) is 0 Å². The highest BCUT2D eigenvalue weighted by atomic mass is 16.4. The molecule has 4 rings (SSSR count). The summed E-state index contributed by atoms with van der Waals surface area (Å²) in [4.78, 5) is 33.2. The first-order valence-corrected chi connectivity index (χ1v) is 11.7. The lowest BCUT2D eigenvalue weighted by molar-refractivity contribution is -0.133. The van der Waals surface area contributed by atoms with Gasteiger partial charge >= 0.3 is 5.97 Å². The Hall–Kier alpha value is -2.93. The number of amides is 1. The molecule has 0 atom stereocenters. The minimum Gasteiger partial charge on any atom is -0.478 e. The van der Waals surface area contributed by atoms with Crippen LogP contribution in [0.4, 0.5) is 5.82 Å². The van der Waals surface area contributed by atoms with Crippen LogP contribution in [0.3, 0.4) is 0 Å². The first-order chi connectivity index (χ1) is 15.6. The molecule has 170 valence electrons. The standard InChI is InChI=1S/C25H32N4O3/c30-24(27-22-10-4-2-8-20(22)25(31)32)11-5-6-14-28-15-17-29(18-16-28)23-13-12-19-7-1-3-9-21(19)26-23/h1,3,7,9,12-13H,2,4-6,8,10-11,14-18H2,(H,27,30)(H,31,32). The molecule has 0 radical (unpaired) electrons. The van der Waals surface area contributed by atoms with Gasteiger partial charge in [-0.2, -0.15) is 0 Å². The number of carbonyl (C=O) groups is 2. The van der Waals surface area contributed by atoms with Crippen molar-refractivity contribution < 1.29 is 14.7 Å². The fourth-order valence-electron chi connectivity index (χ4n) is 4.56. The minimum absolute atomic E-state index is 0.0622. The Balaban J connectivity index is 1.17. The van der Waals surface area contributed by atoms with E-state index in [9.17, 15) is 14.7 Å². The molecule has 32 heavy (non-hydrogen) atoms. The van der Waals surface area contributed by atoms with Gasteiger partial charge in [-0.05, 0) is 63.3 Å². The van der Waals surface area contributed by atoms with E-state index in [1.54, 1.807) is 0 Å². The number of hydrogen-bond donors (Lipinski definition) is 2. The van der Waals surface area contributed by atoms with Gasteiger partial charge in [0.25, 0.3) is 0 Å². The van der Waals surface area contributed by atoms with Crippen LogP contribution in [-0.2, 0) is 9.59 Å². The largest absolute Gasteiger partial charge is 0.478 e. The molecule has 2 aliphatic rings. The van der Waals surface area contributed by atoms with E-state index in [1.807, 2.05) is 12.1 Å². The zero-order valence-electron chi connectivity index (χ0n) is 18.6. The monoisotopic (exact) mass is 436 g/mol. The van der Waals surface area contributed by atoms with Crippen LogP contribution in [-0.4, -0.2) is 59.6 Å². The molecule has 1 aliphatic heterocycles. The van der Waals surface area contributed by atoms with Gasteiger partial charge in [0.1, 0.15) is 5.82 Å². The molecule has 0 saturated carbocycles. The van der Waals surface area contributed by atoms with Crippen molar-refractivity contribution in [3.8, 4) is 0 Å². The molecule has 0 spiro atoms. The number of allylic oxidation sites excluding steroid dienone is 1. The third kappa shape index (κ3) is 5.65. The molecule has 7 nitrogen and oxygen atoms in total. The summed E-state index contributed by atoms with van der Waals surface area (Å²) in [5.41, 5.74) is 2.03. The summed E-state index contributed by atoms with van der Waals surface area (Å²) >= 11 is 0. The quantitative estimate of drug-likeness (QED) is 0.616. The second-order valence-corrected chi connectivity index (χ2v) is 8.67. The molecular formula is C25H32N4O3. The second kappa shape index (κ2) is 10.6. The first-order valence-electron chi connectivity index (χ1n) is 11.7. The van der Waals surface area contributed by atoms with E-state index in [4.69, 9.17) is 4.98 Å². The maximum absolute atomic E-state index is 12.3. The fourth-order valence-corrected chi connectivity index (χ4v) is 4.56. The number of carboxylic acids is 1. The summed E-state index contributed by atoms with van der Waals surface area (Å²) in [7, 11) is 0. The molecule has 2 aromatic rings. The number of carbonyl (C=O) groups excluding carboxylic acids is 1. The molecule has 0 unspecified atom stereocenters. The normalized spacial score (nSPS) is 17.6. The summed E-state index contributed by atoms with van der Waals surface area (Å²) in [5, 5.41) is 13.3. The lowest BCUT2D eigenvalue weighted by Gasteiger charge is -2.35. The molecule has 1 aromatic carbocycles. The van der Waals surface area contributed by atoms with Gasteiger partial charge in [-0.15, -0.1) is 0 Å². The Morgan fingerprint density at radius 3 is 2.56 bits per heavy atom. The predicted octanol–water partition coefficient (Wildman–Crippen LogP) is 3.56. The van der Waals surface area contributed by atoms with E-state index in [2.05, 4.69) is 39.4 Å². The van der Waals surface area contributed by atoms with Crippen LogP contribution < -0.4 is 10.2 Å². The van der Waals surface area contributed by atoms with Gasteiger partial charge in [0, 0.05) is 43.7 Å². The summed E-state index contributed by atoms with van der Waals surface area (Å²) in [6.45, 7) is 4.89. The number of piperazine rings is 1. The van der Waals surface area contributed by atoms with Crippen molar-refractivity contribution in [2.75, 3.05) is 37.6 Å². The Morgan fingerprint density at radius 1 is 0.969 bits per heavy atom. The lowest BCUT2D eigenvalue weighted by atomic mass is 9.96. The molecule has 0 bridgehead atoms. The molecule has 1 aliphatic carbocycles. The lowest BCUT2D eigenvalue weighted by Crippen LogP contribution is -2.46. The van der Waals surface area contributed by atoms with Gasteiger partial charge < -0.3 is 15.3 Å². The molecule has 2 N–H and O–H groups in total. The van der Waals surface area contributed by atoms with Crippen molar-refractivity contribution in [2.45, 2.75) is 44.9 Å². The number of anilines is 1. The van der Waals surface area contributed by atoms with Crippen LogP contribution in [0.1, 0.15) is 44.9 Å². The molecule has 1 amide bonds. The smallest absolute Gasteiger partial charge is 0.333 e. The van der Waals surface area contributed by atoms with Crippen LogP contribution in [0.5, 0.6) is 0 Å². The van der Waals surface area contributed by atoms with Gasteiger partial charge in [-0.1, -0.05) is 18.2 Å². The number of para-hydroxylation sites is 1. The average molecular weight is 437 g/mol. The van der Waals surface area contributed by atoms with Gasteiger partial charge in [0.2, 0.25) is 5.91 Å². The molecule has 2 heterocycles. The van der Waals surface area contributed by atoms with Crippen molar-refractivity contribution in [2.24, 2.45) is 0 Å². The number of nitrogens with zero attached hydrogens (tertiary/aromatic N) is 3. The highest BCUT2D eigenvalue weighted by molar-refractivity contribution is 5.89. The highest BCUT2D eigenvalue weighted by Gasteiger charge is 2.20. The number of rotatable bonds is 8. The number of aromatic nitrogens is 1. The number of nitrogens with one attached hydrogen (secondary N) is 1. The zero-order valence-corrected chi connectivity index (χ0v) is 18.6. The van der Waals surface area contributed by atoms with Gasteiger partial charge in [-0.25, -0.2) is 9.78 Å². The van der Waals surface area contributed by atoms with Gasteiger partial charge in [0.05, 0.1) is 11.1 Å². The number of unbranched alkanes of at least 4 members (excludes halogenated alkanes) is 1. The molecular weight excluding hydrogens is 404 g/mol. The SMILES string of the molecule is O=C(CCCCN1CCN(c2ccc3ccccc3n2)CC1)NC1=C(C(=O)O)CCCC1. The van der Waals surface area contributed by atoms with Gasteiger partial charge in [-0.3, -0.25) is 9.69 Å². The topological polar surface area (TPSA) is 85.8 Å². The van der Waals surface area contributed by atoms with E-state index < -0.39 is 5.97 Å². The summed E-state index contributed by atoms with van der Waals surface area (Å²) < 4.78 is 0. The Labute approximate surface area is 189 Å². The van der Waals surface area contributed by atoms with Gasteiger partial charge in [0.15, 0.2) is 0 Å². The summed E-state index contributed by atoms with van der Waals surface area (Å²) in [5.74, 6) is 0.0728. The van der Waals surface area contributed by atoms with E-state index in [1.165, 1.54) is 0 Å². The maximum Gasteiger partial charge on any atom is 0.333 e. The Bertz CT molecular complexity index is 996. The molecule has 1 saturated heterocycles. The average Bonchev–Trinajstić information content (AvgIpc) is 2.82. The van der Waals surface area contributed by atoms with Crippen LogP contribution in [0.25, 0.3) is 10.9 Å². The number of carboxylic acid groups (broad SMARTS) is 1. The predicted molar refractivity (Wildman–Crippen MR) is 126 cm³/mol. The first kappa shape index (κ1) is 22.3. The fraction of sp³-hybridized carbons (Fsp3) is 0.480. The van der Waals surface area contributed by atoms with Crippen LogP contribution in [0.2, 0.25) is 0 Å². The van der Waals surface area contributed by atoms with Crippen molar-refractivity contribution in [1.29, 1.82) is 0 Å². The molecule has 1 fully saturated rings. The Morgan fingerprint density at radius 2 is 1.75 bits per heavy atom. The maximum atomic E-state index is 12.3. The minimum atomic E-state index is -0.905. The van der Waals surface area contributed by atoms with Crippen molar-refractivity contribution in [3.05, 3.63) is 47.7 Å². The molecule has 1 aromatic heterocycles. The zero-order chi connectivity index (χ0) is 22.3. The number of benzene rings is 1.